The van der Waals surface area contributed by atoms with Gasteiger partial charge in [0, 0.05) is 6.54 Å². The predicted octanol–water partition coefficient (Wildman–Crippen LogP) is 2.76. The number of phenolic OH excluding ortho intramolecular Hbond substituents is 1. The van der Waals surface area contributed by atoms with Crippen molar-refractivity contribution < 1.29 is 19.5 Å². The van der Waals surface area contributed by atoms with E-state index in [1.807, 2.05) is 19.9 Å². The van der Waals surface area contributed by atoms with Crippen LogP contribution < -0.4 is 5.32 Å². The maximum Gasteiger partial charge on any atom is 0.262 e. The third-order valence-electron chi connectivity index (χ3n) is 4.82. The molecule has 3 rings (SSSR count). The average Bonchev–Trinajstić information content (AvgIpc) is 2.92. The Hall–Kier alpha value is -3.15. The topological polar surface area (TPSA) is 86.7 Å². The number of imide groups is 1. The summed E-state index contributed by atoms with van der Waals surface area (Å²) in [7, 11) is 0. The van der Waals surface area contributed by atoms with Crippen molar-refractivity contribution in [3.63, 3.8) is 0 Å². The molecule has 6 nitrogen and oxygen atoms in total. The standard InChI is InChI=1S/C22H24N2O4/c1-14(2)13-18(20(26)23-12-11-15-7-3-6-10-19(15)25)24-21(27)16-8-4-5-9-17(16)22(24)28/h3-10,14,18,25H,11-13H2,1-2H3,(H,23,26). The van der Waals surface area contributed by atoms with Crippen molar-refractivity contribution in [1.29, 1.82) is 0 Å². The van der Waals surface area contributed by atoms with Crippen LogP contribution in [0.3, 0.4) is 0 Å². The van der Waals surface area contributed by atoms with Gasteiger partial charge in [-0.1, -0.05) is 44.2 Å². The zero-order valence-corrected chi connectivity index (χ0v) is 16.0. The molecule has 0 saturated carbocycles. The summed E-state index contributed by atoms with van der Waals surface area (Å²) >= 11 is 0. The Morgan fingerprint density at radius 2 is 1.57 bits per heavy atom. The molecule has 1 aliphatic heterocycles. The van der Waals surface area contributed by atoms with E-state index in [1.54, 1.807) is 42.5 Å². The summed E-state index contributed by atoms with van der Waals surface area (Å²) in [6.07, 6.45) is 0.836. The van der Waals surface area contributed by atoms with Crippen molar-refractivity contribution in [2.45, 2.75) is 32.7 Å². The van der Waals surface area contributed by atoms with E-state index in [9.17, 15) is 19.5 Å². The van der Waals surface area contributed by atoms with Crippen LogP contribution in [-0.2, 0) is 11.2 Å². The highest BCUT2D eigenvalue weighted by atomic mass is 16.3. The molecule has 0 fully saturated rings. The van der Waals surface area contributed by atoms with Gasteiger partial charge in [0.15, 0.2) is 0 Å². The molecule has 0 aromatic heterocycles. The lowest BCUT2D eigenvalue weighted by Gasteiger charge is -2.26. The maximum atomic E-state index is 12.9. The summed E-state index contributed by atoms with van der Waals surface area (Å²) in [5.74, 6) is -0.920. The van der Waals surface area contributed by atoms with Crippen LogP contribution in [0.2, 0.25) is 0 Å². The van der Waals surface area contributed by atoms with E-state index in [4.69, 9.17) is 0 Å². The minimum absolute atomic E-state index is 0.123. The number of carbonyl (C=O) groups excluding carboxylic acids is 3. The second kappa shape index (κ2) is 8.25. The van der Waals surface area contributed by atoms with Crippen molar-refractivity contribution in [1.82, 2.24) is 10.2 Å². The van der Waals surface area contributed by atoms with Crippen LogP contribution in [0.25, 0.3) is 0 Å². The normalized spacial score (nSPS) is 14.3. The van der Waals surface area contributed by atoms with Crippen molar-refractivity contribution in [3.05, 3.63) is 65.2 Å². The average molecular weight is 380 g/mol. The molecule has 1 heterocycles. The molecule has 1 unspecified atom stereocenters. The molecule has 28 heavy (non-hydrogen) atoms. The lowest BCUT2D eigenvalue weighted by Crippen LogP contribution is -2.50. The molecule has 0 bridgehead atoms. The summed E-state index contributed by atoms with van der Waals surface area (Å²) < 4.78 is 0. The summed E-state index contributed by atoms with van der Waals surface area (Å²) in [6.45, 7) is 4.19. The molecule has 2 aromatic carbocycles. The van der Waals surface area contributed by atoms with E-state index in [1.165, 1.54) is 0 Å². The third-order valence-corrected chi connectivity index (χ3v) is 4.82. The largest absolute Gasteiger partial charge is 0.508 e. The second-order valence-electron chi connectivity index (χ2n) is 7.34. The lowest BCUT2D eigenvalue weighted by atomic mass is 10.0. The smallest absolute Gasteiger partial charge is 0.262 e. The van der Waals surface area contributed by atoms with Gasteiger partial charge < -0.3 is 10.4 Å². The summed E-state index contributed by atoms with van der Waals surface area (Å²) in [5.41, 5.74) is 1.40. The van der Waals surface area contributed by atoms with E-state index < -0.39 is 17.9 Å². The van der Waals surface area contributed by atoms with Crippen LogP contribution >= 0.6 is 0 Å². The Bertz CT molecular complexity index is 872. The summed E-state index contributed by atoms with van der Waals surface area (Å²) in [4.78, 5) is 39.5. The van der Waals surface area contributed by atoms with Gasteiger partial charge in [-0.15, -0.1) is 0 Å². The third kappa shape index (κ3) is 3.91. The molecule has 0 saturated heterocycles. The molecule has 0 radical (unpaired) electrons. The van der Waals surface area contributed by atoms with E-state index >= 15 is 0 Å². The van der Waals surface area contributed by atoms with Gasteiger partial charge in [0.2, 0.25) is 5.91 Å². The predicted molar refractivity (Wildman–Crippen MR) is 105 cm³/mol. The molecule has 3 amide bonds. The highest BCUT2D eigenvalue weighted by molar-refractivity contribution is 6.22. The molecule has 2 aromatic rings. The number of aromatic hydroxyl groups is 1. The zero-order valence-electron chi connectivity index (χ0n) is 16.0. The van der Waals surface area contributed by atoms with Crippen LogP contribution in [-0.4, -0.2) is 40.3 Å². The zero-order chi connectivity index (χ0) is 20.3. The van der Waals surface area contributed by atoms with Gasteiger partial charge in [0.25, 0.3) is 11.8 Å². The van der Waals surface area contributed by atoms with E-state index in [0.717, 1.165) is 10.5 Å². The van der Waals surface area contributed by atoms with Crippen molar-refractivity contribution in [3.8, 4) is 5.75 Å². The Morgan fingerprint density at radius 3 is 2.14 bits per heavy atom. The number of nitrogens with zero attached hydrogens (tertiary/aromatic N) is 1. The first-order valence-electron chi connectivity index (χ1n) is 9.41. The van der Waals surface area contributed by atoms with Crippen molar-refractivity contribution in [2.24, 2.45) is 5.92 Å². The fourth-order valence-corrected chi connectivity index (χ4v) is 3.43. The van der Waals surface area contributed by atoms with Gasteiger partial charge in [-0.2, -0.15) is 0 Å². The van der Waals surface area contributed by atoms with Gasteiger partial charge in [-0.25, -0.2) is 0 Å². The fraction of sp³-hybridized carbons (Fsp3) is 0.318. The van der Waals surface area contributed by atoms with E-state index in [0.29, 0.717) is 30.5 Å². The Kier molecular flexibility index (Phi) is 5.78. The molecule has 146 valence electrons. The summed E-state index contributed by atoms with van der Waals surface area (Å²) in [6, 6.07) is 12.7. The molecular formula is C22H24N2O4. The van der Waals surface area contributed by atoms with Crippen LogP contribution in [0, 0.1) is 5.92 Å². The van der Waals surface area contributed by atoms with Gasteiger partial charge in [0.05, 0.1) is 11.1 Å². The first kappa shape index (κ1) is 19.6. The summed E-state index contributed by atoms with van der Waals surface area (Å²) in [5, 5.41) is 12.6. The number of carbonyl (C=O) groups is 3. The highest BCUT2D eigenvalue weighted by Crippen LogP contribution is 2.27. The van der Waals surface area contributed by atoms with Crippen molar-refractivity contribution >= 4 is 17.7 Å². The first-order chi connectivity index (χ1) is 13.4. The Morgan fingerprint density at radius 1 is 1.00 bits per heavy atom. The highest BCUT2D eigenvalue weighted by Gasteiger charge is 2.42. The number of amides is 3. The Balaban J connectivity index is 1.73. The number of hydrogen-bond acceptors (Lipinski definition) is 4. The van der Waals surface area contributed by atoms with Crippen molar-refractivity contribution in [2.75, 3.05) is 6.54 Å². The van der Waals surface area contributed by atoms with E-state index in [2.05, 4.69) is 5.32 Å². The minimum atomic E-state index is -0.864. The molecule has 0 spiro atoms. The number of phenols is 1. The molecule has 1 atom stereocenters. The lowest BCUT2D eigenvalue weighted by molar-refractivity contribution is -0.125. The van der Waals surface area contributed by atoms with Gasteiger partial charge >= 0.3 is 0 Å². The number of hydrogen-bond donors (Lipinski definition) is 2. The monoisotopic (exact) mass is 380 g/mol. The van der Waals surface area contributed by atoms with Gasteiger partial charge in [0.1, 0.15) is 11.8 Å². The number of para-hydroxylation sites is 1. The minimum Gasteiger partial charge on any atom is -0.508 e. The molecule has 2 N–H and O–H groups in total. The fourth-order valence-electron chi connectivity index (χ4n) is 3.43. The number of benzene rings is 2. The van der Waals surface area contributed by atoms with Gasteiger partial charge in [-0.3, -0.25) is 19.3 Å². The van der Waals surface area contributed by atoms with Crippen LogP contribution in [0.1, 0.15) is 46.5 Å². The van der Waals surface area contributed by atoms with Crippen LogP contribution in [0.15, 0.2) is 48.5 Å². The molecule has 0 aliphatic carbocycles. The maximum absolute atomic E-state index is 12.9. The second-order valence-corrected chi connectivity index (χ2v) is 7.34. The van der Waals surface area contributed by atoms with Crippen LogP contribution in [0.4, 0.5) is 0 Å². The van der Waals surface area contributed by atoms with Crippen LogP contribution in [0.5, 0.6) is 5.75 Å². The number of rotatable bonds is 7. The first-order valence-corrected chi connectivity index (χ1v) is 9.41. The SMILES string of the molecule is CC(C)CC(C(=O)NCCc1ccccc1O)N1C(=O)c2ccccc2C1=O. The number of fused-ring (bicyclic) bond motifs is 1. The Labute approximate surface area is 164 Å². The van der Waals surface area contributed by atoms with E-state index in [-0.39, 0.29) is 17.6 Å². The molecule has 1 aliphatic rings. The quantitative estimate of drug-likeness (QED) is 0.723. The number of nitrogens with one attached hydrogen (secondary N) is 1. The van der Waals surface area contributed by atoms with Gasteiger partial charge in [-0.05, 0) is 42.5 Å². The molecule has 6 heteroatoms. The molecular weight excluding hydrogens is 356 g/mol.